The van der Waals surface area contributed by atoms with Crippen LogP contribution < -0.4 is 15.4 Å². The van der Waals surface area contributed by atoms with Crippen LogP contribution in [-0.2, 0) is 0 Å². The van der Waals surface area contributed by atoms with E-state index in [2.05, 4.69) is 15.6 Å². The molecule has 0 saturated carbocycles. The maximum atomic E-state index is 13.7. The van der Waals surface area contributed by atoms with Crippen molar-refractivity contribution in [2.75, 3.05) is 37.4 Å². The van der Waals surface area contributed by atoms with Crippen LogP contribution in [0.25, 0.3) is 10.2 Å². The van der Waals surface area contributed by atoms with Crippen molar-refractivity contribution in [1.82, 2.24) is 14.8 Å². The number of aliphatic hydroxyl groups excluding tert-OH is 1. The maximum absolute atomic E-state index is 13.7. The molecule has 3 atom stereocenters. The summed E-state index contributed by atoms with van der Waals surface area (Å²) in [5, 5.41) is 15.8. The number of halogens is 1. The Morgan fingerprint density at radius 2 is 1.88 bits per heavy atom. The van der Waals surface area contributed by atoms with Gasteiger partial charge in [-0.05, 0) is 55.5 Å². The van der Waals surface area contributed by atoms with Crippen LogP contribution >= 0.6 is 11.3 Å². The second-order valence-electron chi connectivity index (χ2n) is 10.6. The van der Waals surface area contributed by atoms with Crippen molar-refractivity contribution in [2.45, 2.75) is 26.0 Å². The molecular weight excluding hydrogens is 573 g/mol. The van der Waals surface area contributed by atoms with Gasteiger partial charge in [0.05, 0.1) is 40.7 Å². The van der Waals surface area contributed by atoms with Crippen LogP contribution in [0.1, 0.15) is 34.0 Å². The lowest BCUT2D eigenvalue weighted by atomic mass is 9.99. The molecule has 3 N–H and O–H groups in total. The molecule has 12 heteroatoms. The highest BCUT2D eigenvalue weighted by Gasteiger charge is 2.35. The number of nitrogens with zero attached hydrogens (tertiary/aromatic N) is 3. The summed E-state index contributed by atoms with van der Waals surface area (Å²) in [5.41, 5.74) is 1.64. The second-order valence-corrected chi connectivity index (χ2v) is 11.6. The predicted molar refractivity (Wildman–Crippen MR) is 163 cm³/mol. The number of nitrogens with one attached hydrogen (secondary N) is 2. The molecule has 0 bridgehead atoms. The van der Waals surface area contributed by atoms with Gasteiger partial charge in [0.1, 0.15) is 11.9 Å². The van der Waals surface area contributed by atoms with E-state index >= 15 is 0 Å². The Labute approximate surface area is 252 Å². The molecule has 5 rings (SSSR count). The van der Waals surface area contributed by atoms with Crippen LogP contribution in [0.5, 0.6) is 5.75 Å². The van der Waals surface area contributed by atoms with Gasteiger partial charge >= 0.3 is 6.03 Å². The van der Waals surface area contributed by atoms with E-state index in [-0.39, 0.29) is 53.5 Å². The molecule has 1 aromatic heterocycles. The van der Waals surface area contributed by atoms with E-state index in [1.165, 1.54) is 40.5 Å². The third-order valence-corrected chi connectivity index (χ3v) is 8.36. The minimum absolute atomic E-state index is 0.128. The Hall–Kier alpha value is -4.55. The molecule has 4 aromatic rings. The zero-order chi connectivity index (χ0) is 30.7. The highest BCUT2D eigenvalue weighted by Crippen LogP contribution is 2.35. The third kappa shape index (κ3) is 6.60. The number of hydrogen-bond acceptors (Lipinski definition) is 7. The van der Waals surface area contributed by atoms with Gasteiger partial charge in [-0.1, -0.05) is 25.1 Å². The van der Waals surface area contributed by atoms with Gasteiger partial charge in [0.25, 0.3) is 11.8 Å². The summed E-state index contributed by atoms with van der Waals surface area (Å²) < 4.78 is 20.7. The molecule has 0 radical (unpaired) electrons. The number of rotatable bonds is 7. The van der Waals surface area contributed by atoms with E-state index in [0.717, 1.165) is 4.70 Å². The lowest BCUT2D eigenvalue weighted by molar-refractivity contribution is 0.0372. The molecular formula is C31H32FN5O5S. The SMILES string of the molecule is C[C@H]1CN([C@@H](C)CO)C(=O)c2cccc(NC(=O)c3nc4ccccc4s3)c2O[C@H]1CN(C)C(=O)Nc1ccc(F)cc1. The summed E-state index contributed by atoms with van der Waals surface area (Å²) in [4.78, 5) is 47.5. The standard InChI is InChI=1S/C31H32FN5O5S/c1-18-15-37(19(2)17-38)30(40)22-7-6-9-24(34-28(39)29-35-23-8-4-5-10-26(23)43-29)27(22)42-25(18)16-36(3)31(41)33-21-13-11-20(32)12-14-21/h4-14,18-19,25,38H,15-17H2,1-3H3,(H,33,41)(H,34,39)/t18-,19-,25-/m0/s1. The molecule has 0 spiro atoms. The van der Waals surface area contributed by atoms with Crippen molar-refractivity contribution in [3.63, 3.8) is 0 Å². The Bertz CT molecular complexity index is 1610. The first-order valence-corrected chi connectivity index (χ1v) is 14.6. The number of likely N-dealkylation sites (N-methyl/N-ethyl adjacent to an activating group) is 1. The summed E-state index contributed by atoms with van der Waals surface area (Å²) in [5.74, 6) is -1.32. The van der Waals surface area contributed by atoms with Crippen molar-refractivity contribution in [3.05, 3.63) is 83.1 Å². The van der Waals surface area contributed by atoms with Crippen LogP contribution in [0.2, 0.25) is 0 Å². The smallest absolute Gasteiger partial charge is 0.321 e. The number of aromatic nitrogens is 1. The molecule has 1 aliphatic heterocycles. The molecule has 0 saturated heterocycles. The van der Waals surface area contributed by atoms with Gasteiger partial charge in [0.2, 0.25) is 0 Å². The van der Waals surface area contributed by atoms with Gasteiger partial charge in [-0.25, -0.2) is 14.2 Å². The minimum Gasteiger partial charge on any atom is -0.485 e. The van der Waals surface area contributed by atoms with Gasteiger partial charge in [-0.3, -0.25) is 9.59 Å². The molecule has 10 nitrogen and oxygen atoms in total. The number of urea groups is 1. The Morgan fingerprint density at radius 3 is 2.60 bits per heavy atom. The average molecular weight is 606 g/mol. The third-order valence-electron chi connectivity index (χ3n) is 7.32. The first-order chi connectivity index (χ1) is 20.6. The van der Waals surface area contributed by atoms with Gasteiger partial charge in [-0.15, -0.1) is 11.3 Å². The van der Waals surface area contributed by atoms with Gasteiger partial charge in [-0.2, -0.15) is 0 Å². The van der Waals surface area contributed by atoms with E-state index in [1.54, 1.807) is 37.1 Å². The van der Waals surface area contributed by atoms with Crippen molar-refractivity contribution in [2.24, 2.45) is 5.92 Å². The summed E-state index contributed by atoms with van der Waals surface area (Å²) >= 11 is 1.25. The Morgan fingerprint density at radius 1 is 1.14 bits per heavy atom. The Balaban J connectivity index is 1.44. The molecule has 224 valence electrons. The van der Waals surface area contributed by atoms with E-state index in [4.69, 9.17) is 4.74 Å². The first kappa shape index (κ1) is 29.9. The molecule has 4 amide bonds. The van der Waals surface area contributed by atoms with Gasteiger partial charge < -0.3 is 30.3 Å². The van der Waals surface area contributed by atoms with E-state index in [0.29, 0.717) is 11.2 Å². The highest BCUT2D eigenvalue weighted by molar-refractivity contribution is 7.20. The number of anilines is 2. The highest BCUT2D eigenvalue weighted by atomic mass is 32.1. The fraction of sp³-hybridized carbons (Fsp3) is 0.290. The summed E-state index contributed by atoms with van der Waals surface area (Å²) in [7, 11) is 1.61. The normalized spacial score (nSPS) is 17.3. The monoisotopic (exact) mass is 605 g/mol. The predicted octanol–water partition coefficient (Wildman–Crippen LogP) is 5.07. The largest absolute Gasteiger partial charge is 0.485 e. The fourth-order valence-corrected chi connectivity index (χ4v) is 5.67. The zero-order valence-corrected chi connectivity index (χ0v) is 24.7. The topological polar surface area (TPSA) is 124 Å². The fourth-order valence-electron chi connectivity index (χ4n) is 4.81. The van der Waals surface area contributed by atoms with Gasteiger partial charge in [0, 0.05) is 25.2 Å². The average Bonchev–Trinajstić information content (AvgIpc) is 3.44. The summed E-state index contributed by atoms with van der Waals surface area (Å²) in [6.45, 7) is 3.80. The van der Waals surface area contributed by atoms with Crippen LogP contribution in [0.15, 0.2) is 66.7 Å². The number of ether oxygens (including phenoxy) is 1. The van der Waals surface area contributed by atoms with Gasteiger partial charge in [0.15, 0.2) is 10.8 Å². The summed E-state index contributed by atoms with van der Waals surface area (Å²) in [6, 6.07) is 16.9. The zero-order valence-electron chi connectivity index (χ0n) is 23.9. The van der Waals surface area contributed by atoms with Crippen molar-refractivity contribution in [3.8, 4) is 5.75 Å². The molecule has 0 fully saturated rings. The number of hydrogen-bond donors (Lipinski definition) is 3. The number of carbonyl (C=O) groups is 3. The number of para-hydroxylation sites is 2. The number of thiazole rings is 1. The number of fused-ring (bicyclic) bond motifs is 2. The quantitative estimate of drug-likeness (QED) is 0.270. The lowest BCUT2D eigenvalue weighted by Gasteiger charge is -2.38. The molecule has 0 unspecified atom stereocenters. The number of benzene rings is 3. The van der Waals surface area contributed by atoms with E-state index in [9.17, 15) is 23.9 Å². The van der Waals surface area contributed by atoms with Crippen LogP contribution in [0.4, 0.5) is 20.6 Å². The van der Waals surface area contributed by atoms with E-state index in [1.807, 2.05) is 31.2 Å². The van der Waals surface area contributed by atoms with E-state index < -0.39 is 29.9 Å². The van der Waals surface area contributed by atoms with Crippen molar-refractivity contribution >= 4 is 50.8 Å². The molecule has 0 aliphatic carbocycles. The van der Waals surface area contributed by atoms with Crippen LogP contribution in [-0.4, -0.2) is 76.6 Å². The van der Waals surface area contributed by atoms with Crippen molar-refractivity contribution < 1.29 is 28.6 Å². The lowest BCUT2D eigenvalue weighted by Crippen LogP contribution is -2.50. The molecule has 43 heavy (non-hydrogen) atoms. The molecule has 1 aliphatic rings. The maximum Gasteiger partial charge on any atom is 0.321 e. The minimum atomic E-state index is -0.607. The second kappa shape index (κ2) is 12.8. The summed E-state index contributed by atoms with van der Waals surface area (Å²) in [6.07, 6.45) is -0.607. The van der Waals surface area contributed by atoms with Crippen LogP contribution in [0, 0.1) is 11.7 Å². The number of aliphatic hydroxyl groups is 1. The number of carbonyl (C=O) groups excluding carboxylic acids is 3. The first-order valence-electron chi connectivity index (χ1n) is 13.8. The number of amides is 4. The molecule has 2 heterocycles. The molecule has 3 aromatic carbocycles. The Kier molecular flexibility index (Phi) is 8.88. The van der Waals surface area contributed by atoms with Crippen LogP contribution in [0.3, 0.4) is 0 Å². The van der Waals surface area contributed by atoms with Crippen molar-refractivity contribution in [1.29, 1.82) is 0 Å².